The van der Waals surface area contributed by atoms with Crippen LogP contribution in [0.25, 0.3) is 0 Å². The first kappa shape index (κ1) is 23.4. The van der Waals surface area contributed by atoms with Gasteiger partial charge in [-0.25, -0.2) is 4.79 Å². The quantitative estimate of drug-likeness (QED) is 0.530. The Hall–Kier alpha value is -1.76. The smallest absolute Gasteiger partial charge is 0.335 e. The van der Waals surface area contributed by atoms with E-state index in [0.29, 0.717) is 6.42 Å². The Morgan fingerprint density at radius 1 is 1.34 bits per heavy atom. The number of ether oxygens (including phenoxy) is 3. The lowest BCUT2D eigenvalue weighted by Gasteiger charge is -2.46. The van der Waals surface area contributed by atoms with E-state index in [0.717, 1.165) is 12.0 Å². The van der Waals surface area contributed by atoms with Crippen molar-refractivity contribution in [3.8, 4) is 0 Å². The van der Waals surface area contributed by atoms with Crippen molar-refractivity contribution < 1.29 is 28.9 Å². The number of aliphatic hydroxyl groups excluding tert-OH is 1. The Labute approximate surface area is 190 Å². The molecule has 11 atom stereocenters. The standard InChI is InChI=1S/C26H36O6/c1-7-8-18-15(4)22(28)21-19-10-9-17-12-20(30-6)25(29)31-23(16(5)27)13(2)11-14(3)26(17,21)32-24(18)19/h7,9-11,13,15-21,23-24,27H,1,8,12H2,2-6H3/t13-,15-,16-,17-,18-,19-,20+,21+,23+,24+,26+/m1/s1. The second-order valence-electron chi connectivity index (χ2n) is 10.1. The van der Waals surface area contributed by atoms with Gasteiger partial charge in [0.05, 0.1) is 18.1 Å². The van der Waals surface area contributed by atoms with Gasteiger partial charge in [0.2, 0.25) is 0 Å². The number of carbonyl (C=O) groups is 2. The largest absolute Gasteiger partial charge is 0.457 e. The lowest BCUT2D eigenvalue weighted by molar-refractivity contribution is -0.171. The number of hydrogen-bond acceptors (Lipinski definition) is 6. The minimum atomic E-state index is -0.843. The second-order valence-corrected chi connectivity index (χ2v) is 10.1. The second kappa shape index (κ2) is 8.54. The number of cyclic esters (lactones) is 1. The third-order valence-electron chi connectivity index (χ3n) is 8.32. The van der Waals surface area contributed by atoms with Gasteiger partial charge in [-0.15, -0.1) is 6.58 Å². The van der Waals surface area contributed by atoms with Crippen molar-refractivity contribution >= 4 is 11.8 Å². The van der Waals surface area contributed by atoms with Crippen LogP contribution in [0.4, 0.5) is 0 Å². The molecule has 1 spiro atoms. The summed E-state index contributed by atoms with van der Waals surface area (Å²) in [7, 11) is 1.49. The predicted molar refractivity (Wildman–Crippen MR) is 120 cm³/mol. The Morgan fingerprint density at radius 2 is 2.06 bits per heavy atom. The molecule has 2 fully saturated rings. The van der Waals surface area contributed by atoms with Gasteiger partial charge in [-0.1, -0.05) is 38.2 Å². The fourth-order valence-corrected chi connectivity index (χ4v) is 6.76. The van der Waals surface area contributed by atoms with E-state index in [4.69, 9.17) is 14.2 Å². The highest BCUT2D eigenvalue weighted by molar-refractivity contribution is 5.88. The van der Waals surface area contributed by atoms with Crippen molar-refractivity contribution in [1.29, 1.82) is 0 Å². The minimum absolute atomic E-state index is 0.0157. The van der Waals surface area contributed by atoms with Gasteiger partial charge in [0.15, 0.2) is 6.10 Å². The molecule has 1 N–H and O–H groups in total. The zero-order chi connectivity index (χ0) is 23.4. The van der Waals surface area contributed by atoms with Crippen molar-refractivity contribution in [2.75, 3.05) is 7.11 Å². The van der Waals surface area contributed by atoms with E-state index in [9.17, 15) is 14.7 Å². The average Bonchev–Trinajstić information content (AvgIpc) is 2.94. The first-order valence-electron chi connectivity index (χ1n) is 11.8. The number of Topliss-reactive ketones (excluding diaryl/α,β-unsaturated/α-hetero) is 1. The van der Waals surface area contributed by atoms with Gasteiger partial charge in [0.1, 0.15) is 17.5 Å². The van der Waals surface area contributed by atoms with E-state index < -0.39 is 29.9 Å². The zero-order valence-electron chi connectivity index (χ0n) is 19.7. The summed E-state index contributed by atoms with van der Waals surface area (Å²) >= 11 is 0. The van der Waals surface area contributed by atoms with Crippen LogP contribution in [0.1, 0.15) is 40.5 Å². The SMILES string of the molecule is C=CC[C@H]1[C@@H]2O[C@@]34C(C)=C[C@@H](C)[C@@H]([C@@H](C)O)OC(=O)[C@@H](OC)C[C@H]3C=C[C@@H]2[C@H]4C(=O)[C@@H]1C. The van der Waals surface area contributed by atoms with Crippen LogP contribution in [0, 0.1) is 35.5 Å². The number of ketones is 1. The van der Waals surface area contributed by atoms with Crippen LogP contribution in [-0.4, -0.2) is 54.0 Å². The maximum atomic E-state index is 13.8. The molecule has 4 aliphatic rings. The third kappa shape index (κ3) is 3.34. The maximum Gasteiger partial charge on any atom is 0.335 e. The van der Waals surface area contributed by atoms with Crippen LogP contribution in [0.2, 0.25) is 0 Å². The van der Waals surface area contributed by atoms with E-state index in [1.54, 1.807) is 6.92 Å². The van der Waals surface area contributed by atoms with Gasteiger partial charge in [-0.05, 0) is 38.2 Å². The fraction of sp³-hybridized carbons (Fsp3) is 0.692. The average molecular weight is 445 g/mol. The van der Waals surface area contributed by atoms with Crippen LogP contribution >= 0.6 is 0 Å². The highest BCUT2D eigenvalue weighted by Crippen LogP contribution is 2.61. The number of rotatable bonds is 4. The fourth-order valence-electron chi connectivity index (χ4n) is 6.76. The minimum Gasteiger partial charge on any atom is -0.457 e. The van der Waals surface area contributed by atoms with Gasteiger partial charge in [0, 0.05) is 30.8 Å². The van der Waals surface area contributed by atoms with Crippen molar-refractivity contribution in [3.05, 3.63) is 36.5 Å². The molecule has 2 aliphatic heterocycles. The highest BCUT2D eigenvalue weighted by Gasteiger charge is 2.68. The summed E-state index contributed by atoms with van der Waals surface area (Å²) in [5.74, 6) is -1.02. The summed E-state index contributed by atoms with van der Waals surface area (Å²) in [6.07, 6.45) is 6.80. The Bertz CT molecular complexity index is 843. The van der Waals surface area contributed by atoms with Gasteiger partial charge < -0.3 is 19.3 Å². The molecule has 32 heavy (non-hydrogen) atoms. The Kier molecular flexibility index (Phi) is 6.25. The molecule has 6 nitrogen and oxygen atoms in total. The molecule has 4 bridgehead atoms. The van der Waals surface area contributed by atoms with Crippen LogP contribution in [0.15, 0.2) is 36.5 Å². The van der Waals surface area contributed by atoms with E-state index in [-0.39, 0.29) is 47.4 Å². The molecule has 2 heterocycles. The lowest BCUT2D eigenvalue weighted by atomic mass is 9.56. The molecular formula is C26H36O6. The molecule has 1 saturated carbocycles. The van der Waals surface area contributed by atoms with E-state index in [1.807, 2.05) is 32.9 Å². The summed E-state index contributed by atoms with van der Waals surface area (Å²) < 4.78 is 18.2. The van der Waals surface area contributed by atoms with Crippen LogP contribution < -0.4 is 0 Å². The van der Waals surface area contributed by atoms with Crippen LogP contribution in [0.3, 0.4) is 0 Å². The molecule has 1 saturated heterocycles. The van der Waals surface area contributed by atoms with E-state index in [2.05, 4.69) is 18.7 Å². The predicted octanol–water partition coefficient (Wildman–Crippen LogP) is 3.25. The summed E-state index contributed by atoms with van der Waals surface area (Å²) in [5.41, 5.74) is 0.146. The Balaban J connectivity index is 1.87. The highest BCUT2D eigenvalue weighted by atomic mass is 16.6. The molecule has 0 unspecified atom stereocenters. The van der Waals surface area contributed by atoms with Crippen molar-refractivity contribution in [2.45, 2.75) is 70.6 Å². The molecule has 0 amide bonds. The third-order valence-corrected chi connectivity index (χ3v) is 8.32. The molecule has 0 aromatic rings. The molecule has 0 aromatic heterocycles. The van der Waals surface area contributed by atoms with Crippen molar-refractivity contribution in [3.63, 3.8) is 0 Å². The normalized spacial score (nSPS) is 46.7. The van der Waals surface area contributed by atoms with Crippen LogP contribution in [-0.2, 0) is 23.8 Å². The maximum absolute atomic E-state index is 13.8. The van der Waals surface area contributed by atoms with Crippen molar-refractivity contribution in [2.24, 2.45) is 35.5 Å². The van der Waals surface area contributed by atoms with E-state index in [1.165, 1.54) is 7.11 Å². The summed E-state index contributed by atoms with van der Waals surface area (Å²) in [6.45, 7) is 11.5. The number of allylic oxidation sites excluding steroid dienone is 1. The monoisotopic (exact) mass is 444 g/mol. The molecule has 6 heteroatoms. The van der Waals surface area contributed by atoms with Gasteiger partial charge in [0.25, 0.3) is 0 Å². The van der Waals surface area contributed by atoms with Gasteiger partial charge in [-0.3, -0.25) is 4.79 Å². The molecule has 0 radical (unpaired) electrons. The number of carbonyl (C=O) groups excluding carboxylic acids is 2. The molecule has 176 valence electrons. The lowest BCUT2D eigenvalue weighted by Crippen LogP contribution is -2.54. The number of aliphatic hydroxyl groups is 1. The first-order valence-corrected chi connectivity index (χ1v) is 11.8. The molecular weight excluding hydrogens is 408 g/mol. The van der Waals surface area contributed by atoms with E-state index >= 15 is 0 Å². The molecule has 2 aliphatic carbocycles. The van der Waals surface area contributed by atoms with Gasteiger partial charge in [-0.2, -0.15) is 0 Å². The Morgan fingerprint density at radius 3 is 2.69 bits per heavy atom. The zero-order valence-corrected chi connectivity index (χ0v) is 19.7. The van der Waals surface area contributed by atoms with Crippen LogP contribution in [0.5, 0.6) is 0 Å². The first-order chi connectivity index (χ1) is 15.2. The molecule has 4 rings (SSSR count). The van der Waals surface area contributed by atoms with Gasteiger partial charge >= 0.3 is 5.97 Å². The number of methoxy groups -OCH3 is 1. The summed E-state index contributed by atoms with van der Waals surface area (Å²) in [5, 5.41) is 10.3. The topological polar surface area (TPSA) is 82.1 Å². The summed E-state index contributed by atoms with van der Waals surface area (Å²) in [4.78, 5) is 26.7. The number of hydrogen-bond donors (Lipinski definition) is 1. The molecule has 0 aromatic carbocycles. The van der Waals surface area contributed by atoms with Crippen molar-refractivity contribution in [1.82, 2.24) is 0 Å². The number of esters is 1. The summed E-state index contributed by atoms with van der Waals surface area (Å²) in [6, 6.07) is 0.